The molecule has 5 rings (SSSR count). The molecule has 0 radical (unpaired) electrons. The molecule has 0 aliphatic rings. The lowest BCUT2D eigenvalue weighted by Crippen LogP contribution is -1.97. The van der Waals surface area contributed by atoms with Crippen molar-refractivity contribution in [2.75, 3.05) is 0 Å². The summed E-state index contributed by atoms with van der Waals surface area (Å²) in [7, 11) is 0. The van der Waals surface area contributed by atoms with E-state index in [0.29, 0.717) is 11.4 Å². The summed E-state index contributed by atoms with van der Waals surface area (Å²) < 4.78 is 2.24. The molecule has 1 N–H and O–H groups in total. The Labute approximate surface area is 181 Å². The van der Waals surface area contributed by atoms with Gasteiger partial charge in [-0.2, -0.15) is 5.26 Å². The Morgan fingerprint density at radius 2 is 1.81 bits per heavy atom. The van der Waals surface area contributed by atoms with Gasteiger partial charge in [-0.1, -0.05) is 54.1 Å². The number of rotatable bonds is 4. The zero-order valence-electron chi connectivity index (χ0n) is 17.6. The van der Waals surface area contributed by atoms with E-state index in [2.05, 4.69) is 70.1 Å². The second kappa shape index (κ2) is 7.62. The Balaban J connectivity index is 1.59. The molecule has 3 aromatic carbocycles. The van der Waals surface area contributed by atoms with Crippen LogP contribution in [0.25, 0.3) is 33.6 Å². The maximum atomic E-state index is 9.88. The number of nitriles is 1. The van der Waals surface area contributed by atoms with E-state index in [4.69, 9.17) is 0 Å². The highest BCUT2D eigenvalue weighted by Crippen LogP contribution is 2.27. The van der Waals surface area contributed by atoms with E-state index in [-0.39, 0.29) is 0 Å². The third-order valence-corrected chi connectivity index (χ3v) is 5.61. The van der Waals surface area contributed by atoms with Gasteiger partial charge in [0, 0.05) is 29.2 Å². The first-order valence-corrected chi connectivity index (χ1v) is 10.3. The zero-order chi connectivity index (χ0) is 21.4. The predicted octanol–water partition coefficient (Wildman–Crippen LogP) is 6.25. The fourth-order valence-corrected chi connectivity index (χ4v) is 3.97. The third-order valence-electron chi connectivity index (χ3n) is 5.61. The van der Waals surface area contributed by atoms with Crippen LogP contribution in [0.1, 0.15) is 28.1 Å². The SMILES string of the molecule is Cc1ccc(Cn2cc(/C=C(/C#N)c3nc4ccc(C)cc4[nH]3)c3ccccc32)cc1. The van der Waals surface area contributed by atoms with Crippen molar-refractivity contribution < 1.29 is 0 Å². The third kappa shape index (κ3) is 3.62. The number of aryl methyl sites for hydroxylation is 2. The van der Waals surface area contributed by atoms with E-state index in [9.17, 15) is 5.26 Å². The first-order valence-electron chi connectivity index (χ1n) is 10.3. The van der Waals surface area contributed by atoms with Crippen LogP contribution in [0.4, 0.5) is 0 Å². The highest BCUT2D eigenvalue weighted by molar-refractivity contribution is 5.98. The summed E-state index contributed by atoms with van der Waals surface area (Å²) in [6, 6.07) is 25.3. The number of hydrogen-bond donors (Lipinski definition) is 1. The molecule has 0 aliphatic carbocycles. The summed E-state index contributed by atoms with van der Waals surface area (Å²) in [6.07, 6.45) is 4.05. The smallest absolute Gasteiger partial charge is 0.149 e. The number of aromatic nitrogens is 3. The fourth-order valence-electron chi connectivity index (χ4n) is 3.97. The lowest BCUT2D eigenvalue weighted by molar-refractivity contribution is 0.836. The quantitative estimate of drug-likeness (QED) is 0.361. The van der Waals surface area contributed by atoms with Gasteiger partial charge in [0.1, 0.15) is 11.9 Å². The highest BCUT2D eigenvalue weighted by Gasteiger charge is 2.12. The minimum atomic E-state index is 0.520. The van der Waals surface area contributed by atoms with Gasteiger partial charge in [-0.3, -0.25) is 0 Å². The molecule has 0 fully saturated rings. The Bertz CT molecular complexity index is 1470. The molecule has 0 spiro atoms. The van der Waals surface area contributed by atoms with Crippen LogP contribution < -0.4 is 0 Å². The number of para-hydroxylation sites is 1. The van der Waals surface area contributed by atoms with E-state index in [1.54, 1.807) is 0 Å². The second-order valence-electron chi connectivity index (χ2n) is 7.99. The van der Waals surface area contributed by atoms with E-state index >= 15 is 0 Å². The van der Waals surface area contributed by atoms with Gasteiger partial charge < -0.3 is 9.55 Å². The molecule has 150 valence electrons. The summed E-state index contributed by atoms with van der Waals surface area (Å²) in [4.78, 5) is 7.93. The van der Waals surface area contributed by atoms with Gasteiger partial charge in [-0.25, -0.2) is 4.98 Å². The number of aromatic amines is 1. The Hall–Kier alpha value is -4.10. The normalized spacial score (nSPS) is 11.8. The number of nitrogens with zero attached hydrogens (tertiary/aromatic N) is 3. The van der Waals surface area contributed by atoms with E-state index < -0.39 is 0 Å². The number of H-pyrrole nitrogens is 1. The van der Waals surface area contributed by atoms with E-state index in [1.165, 1.54) is 11.1 Å². The number of benzene rings is 3. The van der Waals surface area contributed by atoms with Crippen molar-refractivity contribution >= 4 is 33.6 Å². The van der Waals surface area contributed by atoms with Crippen LogP contribution in [0.3, 0.4) is 0 Å². The summed E-state index contributed by atoms with van der Waals surface area (Å²) in [5.41, 5.74) is 8.14. The largest absolute Gasteiger partial charge is 0.342 e. The van der Waals surface area contributed by atoms with Crippen LogP contribution in [-0.4, -0.2) is 14.5 Å². The zero-order valence-corrected chi connectivity index (χ0v) is 17.6. The Morgan fingerprint density at radius 1 is 1.03 bits per heavy atom. The average molecular weight is 403 g/mol. The molecule has 4 heteroatoms. The summed E-state index contributed by atoms with van der Waals surface area (Å²) in [5.74, 6) is 0.596. The average Bonchev–Trinajstić information content (AvgIpc) is 3.35. The summed E-state index contributed by atoms with van der Waals surface area (Å²) in [6.45, 7) is 4.92. The number of nitrogens with one attached hydrogen (secondary N) is 1. The fraction of sp³-hybridized carbons (Fsp3) is 0.111. The van der Waals surface area contributed by atoms with Gasteiger partial charge >= 0.3 is 0 Å². The van der Waals surface area contributed by atoms with Gasteiger partial charge in [0.2, 0.25) is 0 Å². The molecule has 0 amide bonds. The van der Waals surface area contributed by atoms with Gasteiger partial charge in [-0.05, 0) is 49.2 Å². The maximum Gasteiger partial charge on any atom is 0.149 e. The number of imidazole rings is 1. The van der Waals surface area contributed by atoms with Gasteiger partial charge in [0.05, 0.1) is 16.6 Å². The molecule has 31 heavy (non-hydrogen) atoms. The molecule has 0 saturated heterocycles. The van der Waals surface area contributed by atoms with Crippen molar-refractivity contribution in [2.45, 2.75) is 20.4 Å². The summed E-state index contributed by atoms with van der Waals surface area (Å²) in [5, 5.41) is 11.0. The number of hydrogen-bond acceptors (Lipinski definition) is 2. The molecular weight excluding hydrogens is 380 g/mol. The van der Waals surface area contributed by atoms with Crippen molar-refractivity contribution in [3.8, 4) is 6.07 Å². The van der Waals surface area contributed by atoms with Crippen LogP contribution in [-0.2, 0) is 6.54 Å². The molecule has 2 aromatic heterocycles. The van der Waals surface area contributed by atoms with Crippen LogP contribution in [0.5, 0.6) is 0 Å². The minimum Gasteiger partial charge on any atom is -0.342 e. The van der Waals surface area contributed by atoms with Gasteiger partial charge in [0.25, 0.3) is 0 Å². The monoisotopic (exact) mass is 402 g/mol. The first-order chi connectivity index (χ1) is 15.1. The maximum absolute atomic E-state index is 9.88. The molecule has 0 aliphatic heterocycles. The molecule has 5 aromatic rings. The topological polar surface area (TPSA) is 57.4 Å². The number of allylic oxidation sites excluding steroid dienone is 1. The van der Waals surface area contributed by atoms with Crippen LogP contribution in [0, 0.1) is 25.2 Å². The van der Waals surface area contributed by atoms with Crippen LogP contribution in [0.2, 0.25) is 0 Å². The lowest BCUT2D eigenvalue weighted by atomic mass is 10.1. The molecule has 2 heterocycles. The van der Waals surface area contributed by atoms with Crippen LogP contribution >= 0.6 is 0 Å². The van der Waals surface area contributed by atoms with Crippen molar-refractivity contribution in [3.05, 3.63) is 101 Å². The summed E-state index contributed by atoms with van der Waals surface area (Å²) >= 11 is 0. The van der Waals surface area contributed by atoms with Crippen molar-refractivity contribution in [1.82, 2.24) is 14.5 Å². The van der Waals surface area contributed by atoms with Crippen molar-refractivity contribution in [1.29, 1.82) is 5.26 Å². The molecule has 0 atom stereocenters. The standard InChI is InChI=1S/C27H22N4/c1-18-7-10-20(11-8-18)16-31-17-22(23-5-3-4-6-26(23)31)14-21(15-28)27-29-24-12-9-19(2)13-25(24)30-27/h3-14,17H,16H2,1-2H3,(H,29,30)/b21-14-. The molecule has 4 nitrogen and oxygen atoms in total. The van der Waals surface area contributed by atoms with Crippen molar-refractivity contribution in [3.63, 3.8) is 0 Å². The Morgan fingerprint density at radius 3 is 2.61 bits per heavy atom. The van der Waals surface area contributed by atoms with E-state index in [1.807, 2.05) is 43.3 Å². The van der Waals surface area contributed by atoms with Gasteiger partial charge in [-0.15, -0.1) is 0 Å². The number of fused-ring (bicyclic) bond motifs is 2. The van der Waals surface area contributed by atoms with E-state index in [0.717, 1.165) is 39.6 Å². The minimum absolute atomic E-state index is 0.520. The van der Waals surface area contributed by atoms with Crippen LogP contribution in [0.15, 0.2) is 72.9 Å². The molecule has 0 bridgehead atoms. The molecular formula is C27H22N4. The lowest BCUT2D eigenvalue weighted by Gasteiger charge is -2.06. The van der Waals surface area contributed by atoms with Crippen molar-refractivity contribution in [2.24, 2.45) is 0 Å². The molecule has 0 saturated carbocycles. The first kappa shape index (κ1) is 18.9. The molecule has 0 unspecified atom stereocenters. The van der Waals surface area contributed by atoms with Gasteiger partial charge in [0.15, 0.2) is 0 Å². The predicted molar refractivity (Wildman–Crippen MR) is 127 cm³/mol. The Kier molecular flexibility index (Phi) is 4.65. The second-order valence-corrected chi connectivity index (χ2v) is 7.99. The highest BCUT2D eigenvalue weighted by atomic mass is 15.0.